The predicted molar refractivity (Wildman–Crippen MR) is 81.0 cm³/mol. The summed E-state index contributed by atoms with van der Waals surface area (Å²) >= 11 is 1.52. The Morgan fingerprint density at radius 3 is 2.95 bits per heavy atom. The van der Waals surface area contributed by atoms with Crippen LogP contribution < -0.4 is 0 Å². The smallest absolute Gasteiger partial charge is 0.328 e. The summed E-state index contributed by atoms with van der Waals surface area (Å²) in [4.78, 5) is 25.5. The molecule has 1 saturated heterocycles. The minimum atomic E-state index is -0.967. The van der Waals surface area contributed by atoms with Crippen LogP contribution in [0.25, 0.3) is 6.08 Å². The molecule has 1 aliphatic rings. The van der Waals surface area contributed by atoms with Crippen molar-refractivity contribution in [1.82, 2.24) is 4.90 Å². The highest BCUT2D eigenvalue weighted by Gasteiger charge is 2.30. The molecule has 1 amide bonds. The van der Waals surface area contributed by atoms with Gasteiger partial charge in [-0.1, -0.05) is 0 Å². The third kappa shape index (κ3) is 4.41. The lowest BCUT2D eigenvalue weighted by atomic mass is 10.1. The van der Waals surface area contributed by atoms with E-state index in [4.69, 9.17) is 9.84 Å². The average Bonchev–Trinajstić information content (AvgIpc) is 3.04. The number of aliphatic carboxylic acids is 1. The van der Waals surface area contributed by atoms with Crippen molar-refractivity contribution in [1.29, 1.82) is 0 Å². The first-order valence-corrected chi connectivity index (χ1v) is 7.68. The van der Waals surface area contributed by atoms with Crippen LogP contribution in [-0.2, 0) is 20.9 Å². The van der Waals surface area contributed by atoms with Crippen molar-refractivity contribution in [2.24, 2.45) is 5.92 Å². The Morgan fingerprint density at radius 1 is 1.57 bits per heavy atom. The Labute approximate surface area is 127 Å². The van der Waals surface area contributed by atoms with Gasteiger partial charge in [0, 0.05) is 18.0 Å². The number of carbonyl (C=O) groups is 2. The van der Waals surface area contributed by atoms with E-state index in [0.29, 0.717) is 13.2 Å². The van der Waals surface area contributed by atoms with Gasteiger partial charge in [0.25, 0.3) is 0 Å². The molecule has 1 aliphatic heterocycles. The van der Waals surface area contributed by atoms with Crippen LogP contribution in [0.5, 0.6) is 0 Å². The quantitative estimate of drug-likeness (QED) is 0.847. The number of carbonyl (C=O) groups excluding carboxylic acids is 1. The Morgan fingerprint density at radius 2 is 2.33 bits per heavy atom. The van der Waals surface area contributed by atoms with Crippen molar-refractivity contribution < 1.29 is 19.4 Å². The van der Waals surface area contributed by atoms with Gasteiger partial charge >= 0.3 is 5.97 Å². The molecule has 1 aromatic heterocycles. The van der Waals surface area contributed by atoms with E-state index in [9.17, 15) is 9.59 Å². The van der Waals surface area contributed by atoms with Crippen molar-refractivity contribution in [3.63, 3.8) is 0 Å². The Bertz CT molecular complexity index is 552. The van der Waals surface area contributed by atoms with Crippen LogP contribution in [0.3, 0.4) is 0 Å². The van der Waals surface area contributed by atoms with E-state index in [2.05, 4.69) is 0 Å². The maximum atomic E-state index is 12.3. The molecule has 6 heteroatoms. The minimum Gasteiger partial charge on any atom is -0.478 e. The maximum Gasteiger partial charge on any atom is 0.328 e. The van der Waals surface area contributed by atoms with Gasteiger partial charge in [-0.2, -0.15) is 0 Å². The van der Waals surface area contributed by atoms with Crippen molar-refractivity contribution in [2.75, 3.05) is 13.7 Å². The summed E-state index contributed by atoms with van der Waals surface area (Å²) in [7, 11) is 1.79. The van der Waals surface area contributed by atoms with Crippen LogP contribution in [0.1, 0.15) is 23.8 Å². The van der Waals surface area contributed by atoms with Gasteiger partial charge in [-0.05, 0) is 36.4 Å². The Balaban J connectivity index is 1.92. The van der Waals surface area contributed by atoms with E-state index in [1.165, 1.54) is 11.3 Å². The topological polar surface area (TPSA) is 66.8 Å². The molecule has 2 atom stereocenters. The summed E-state index contributed by atoms with van der Waals surface area (Å²) < 4.78 is 5.44. The highest BCUT2D eigenvalue weighted by Crippen LogP contribution is 2.23. The summed E-state index contributed by atoms with van der Waals surface area (Å²) in [5.41, 5.74) is 0.844. The van der Waals surface area contributed by atoms with Crippen LogP contribution >= 0.6 is 11.3 Å². The van der Waals surface area contributed by atoms with E-state index in [1.807, 2.05) is 18.4 Å². The van der Waals surface area contributed by atoms with E-state index < -0.39 is 5.97 Å². The summed E-state index contributed by atoms with van der Waals surface area (Å²) in [5, 5.41) is 10.5. The Hall–Kier alpha value is -1.66. The number of hydrogen-bond donors (Lipinski definition) is 1. The van der Waals surface area contributed by atoms with Crippen molar-refractivity contribution >= 4 is 29.3 Å². The molecule has 0 radical (unpaired) electrons. The zero-order valence-electron chi connectivity index (χ0n) is 12.1. The number of rotatable bonds is 5. The molecule has 2 rings (SSSR count). The number of amides is 1. The van der Waals surface area contributed by atoms with Gasteiger partial charge in [0.2, 0.25) is 5.91 Å². The number of carboxylic acid groups (broad SMARTS) is 1. The summed E-state index contributed by atoms with van der Waals surface area (Å²) in [5.74, 6) is -0.905. The van der Waals surface area contributed by atoms with Gasteiger partial charge < -0.3 is 14.7 Å². The van der Waals surface area contributed by atoms with Crippen LogP contribution in [0, 0.1) is 5.92 Å². The number of carboxylic acids is 1. The first kappa shape index (κ1) is 15.7. The fraction of sp³-hybridized carbons (Fsp3) is 0.467. The van der Waals surface area contributed by atoms with Crippen molar-refractivity contribution in [3.8, 4) is 0 Å². The van der Waals surface area contributed by atoms with Crippen LogP contribution in [-0.4, -0.2) is 41.6 Å². The molecule has 0 bridgehead atoms. The normalized spacial score (nSPS) is 21.8. The minimum absolute atomic E-state index is 0.0451. The molecule has 0 saturated carbocycles. The highest BCUT2D eigenvalue weighted by molar-refractivity contribution is 7.10. The number of hydrogen-bond acceptors (Lipinski definition) is 4. The summed E-state index contributed by atoms with van der Waals surface area (Å²) in [6, 6.07) is 1.90. The van der Waals surface area contributed by atoms with Crippen LogP contribution in [0.4, 0.5) is 0 Å². The number of ether oxygens (including phenoxy) is 1. The Kier molecular flexibility index (Phi) is 5.14. The van der Waals surface area contributed by atoms with Gasteiger partial charge in [0.15, 0.2) is 0 Å². The second-order valence-corrected chi connectivity index (χ2v) is 6.28. The van der Waals surface area contributed by atoms with Crippen LogP contribution in [0.15, 0.2) is 17.5 Å². The molecular weight excluding hydrogens is 290 g/mol. The number of nitrogens with zero attached hydrogens (tertiary/aromatic N) is 1. The fourth-order valence-corrected chi connectivity index (χ4v) is 3.25. The summed E-state index contributed by atoms with van der Waals surface area (Å²) in [6.07, 6.45) is 3.59. The molecule has 114 valence electrons. The van der Waals surface area contributed by atoms with Gasteiger partial charge in [0.05, 0.1) is 25.2 Å². The second kappa shape index (κ2) is 6.87. The maximum absolute atomic E-state index is 12.3. The molecule has 1 fully saturated rings. The first-order valence-electron chi connectivity index (χ1n) is 6.80. The lowest BCUT2D eigenvalue weighted by Gasteiger charge is -2.19. The molecule has 0 spiro atoms. The van der Waals surface area contributed by atoms with Gasteiger partial charge in [-0.25, -0.2) is 4.79 Å². The molecule has 2 unspecified atom stereocenters. The molecule has 5 nitrogen and oxygen atoms in total. The van der Waals surface area contributed by atoms with E-state index in [0.717, 1.165) is 22.9 Å². The molecule has 0 aromatic carbocycles. The van der Waals surface area contributed by atoms with Crippen molar-refractivity contribution in [2.45, 2.75) is 26.0 Å². The zero-order chi connectivity index (χ0) is 15.4. The molecule has 21 heavy (non-hydrogen) atoms. The first-order chi connectivity index (χ1) is 9.95. The lowest BCUT2D eigenvalue weighted by Crippen LogP contribution is -2.32. The highest BCUT2D eigenvalue weighted by atomic mass is 32.1. The SMILES string of the molecule is CC1CC(C(=O)N(C)Cc2cc(/C=C/C(=O)O)cs2)CO1. The summed E-state index contributed by atoms with van der Waals surface area (Å²) in [6.45, 7) is 3.02. The molecule has 0 aliphatic carbocycles. The average molecular weight is 309 g/mol. The van der Waals surface area contributed by atoms with Gasteiger partial charge in [-0.15, -0.1) is 11.3 Å². The number of thiophene rings is 1. The zero-order valence-corrected chi connectivity index (χ0v) is 12.9. The van der Waals surface area contributed by atoms with Gasteiger partial charge in [0.1, 0.15) is 0 Å². The molecule has 1 aromatic rings. The van der Waals surface area contributed by atoms with E-state index in [-0.39, 0.29) is 17.9 Å². The third-order valence-corrected chi connectivity index (χ3v) is 4.35. The van der Waals surface area contributed by atoms with Crippen molar-refractivity contribution in [3.05, 3.63) is 28.0 Å². The van der Waals surface area contributed by atoms with Gasteiger partial charge in [-0.3, -0.25) is 4.79 Å². The van der Waals surface area contributed by atoms with Crippen LogP contribution in [0.2, 0.25) is 0 Å². The predicted octanol–water partition coefficient (Wildman–Crippen LogP) is 2.23. The van der Waals surface area contributed by atoms with E-state index >= 15 is 0 Å². The lowest BCUT2D eigenvalue weighted by molar-refractivity contribution is -0.134. The fourth-order valence-electron chi connectivity index (χ4n) is 2.35. The molecule has 2 heterocycles. The van der Waals surface area contributed by atoms with E-state index in [1.54, 1.807) is 18.0 Å². The second-order valence-electron chi connectivity index (χ2n) is 5.29. The molecular formula is C15H19NO4S. The largest absolute Gasteiger partial charge is 0.478 e. The molecule has 1 N–H and O–H groups in total. The monoisotopic (exact) mass is 309 g/mol. The third-order valence-electron chi connectivity index (χ3n) is 3.41. The standard InChI is InChI=1S/C15H19NO4S/c1-10-5-12(8-20-10)15(19)16(2)7-13-6-11(9-21-13)3-4-14(17)18/h3-4,6,9-10,12H,5,7-8H2,1-2H3,(H,17,18)/b4-3+.